The fourth-order valence-electron chi connectivity index (χ4n) is 2.42. The summed E-state index contributed by atoms with van der Waals surface area (Å²) in [6.45, 7) is -0.416. The highest BCUT2D eigenvalue weighted by molar-refractivity contribution is 5.68. The van der Waals surface area contributed by atoms with Gasteiger partial charge in [-0.2, -0.15) is 4.73 Å². The number of hydrogen-bond acceptors (Lipinski definition) is 8. The summed E-state index contributed by atoms with van der Waals surface area (Å²) in [5, 5.41) is 38.6. The van der Waals surface area contributed by atoms with E-state index in [-0.39, 0.29) is 5.49 Å². The smallest absolute Gasteiger partial charge is 0.194 e. The molecule has 0 saturated carbocycles. The molecule has 0 bridgehead atoms. The van der Waals surface area contributed by atoms with Crippen LogP contribution in [0.15, 0.2) is 17.6 Å². The number of aliphatic hydroxyl groups is 3. The van der Waals surface area contributed by atoms with Crippen LogP contribution >= 0.6 is 0 Å². The van der Waals surface area contributed by atoms with Gasteiger partial charge in [-0.1, -0.05) is 0 Å². The van der Waals surface area contributed by atoms with Crippen LogP contribution in [0.4, 0.5) is 0 Å². The van der Waals surface area contributed by atoms with E-state index in [4.69, 9.17) is 9.84 Å². The quantitative estimate of drug-likeness (QED) is 0.454. The average molecular weight is 297 g/mol. The summed E-state index contributed by atoms with van der Waals surface area (Å²) in [5.41, 5.74) is 0.849. The monoisotopic (exact) mass is 297 g/mol. The van der Waals surface area contributed by atoms with Crippen molar-refractivity contribution in [3.8, 4) is 0 Å². The molecule has 0 amide bonds. The van der Waals surface area contributed by atoms with Gasteiger partial charge in [0.2, 0.25) is 0 Å². The van der Waals surface area contributed by atoms with Gasteiger partial charge in [0.25, 0.3) is 0 Å². The van der Waals surface area contributed by atoms with Gasteiger partial charge in [0.1, 0.15) is 24.6 Å². The van der Waals surface area contributed by atoms with Crippen LogP contribution in [0.5, 0.6) is 0 Å². The number of fused-ring (bicyclic) bond motifs is 1. The number of ether oxygens (including phenoxy) is 1. The first-order valence-corrected chi connectivity index (χ1v) is 6.27. The molecule has 0 radical (unpaired) electrons. The van der Waals surface area contributed by atoms with E-state index in [0.717, 1.165) is 11.1 Å². The zero-order valence-corrected chi connectivity index (χ0v) is 11.1. The summed E-state index contributed by atoms with van der Waals surface area (Å²) in [5.74, 6) is 0. The lowest BCUT2D eigenvalue weighted by Gasteiger charge is -2.16. The summed E-state index contributed by atoms with van der Waals surface area (Å²) in [6, 6.07) is 0. The molecule has 0 aliphatic carbocycles. The van der Waals surface area contributed by atoms with Crippen LogP contribution in [0.1, 0.15) is 6.23 Å². The molecule has 1 aliphatic heterocycles. The number of aliphatic hydroxyl groups excluding tert-OH is 3. The molecule has 1 fully saturated rings. The number of hydrogen-bond donors (Lipinski definition) is 4. The van der Waals surface area contributed by atoms with E-state index in [1.165, 1.54) is 17.9 Å². The summed E-state index contributed by atoms with van der Waals surface area (Å²) in [7, 11) is 1.49. The van der Waals surface area contributed by atoms with Crippen molar-refractivity contribution in [3.05, 3.63) is 18.1 Å². The van der Waals surface area contributed by atoms with Gasteiger partial charge >= 0.3 is 0 Å². The first-order valence-electron chi connectivity index (χ1n) is 6.27. The van der Waals surface area contributed by atoms with Gasteiger partial charge in [-0.05, 0) is 0 Å². The Morgan fingerprint density at radius 3 is 2.67 bits per heavy atom. The van der Waals surface area contributed by atoms with Gasteiger partial charge in [-0.3, -0.25) is 9.56 Å². The molecule has 2 aromatic rings. The van der Waals surface area contributed by atoms with Gasteiger partial charge < -0.3 is 25.3 Å². The molecular formula is C11H15N5O5. The Morgan fingerprint density at radius 2 is 2.05 bits per heavy atom. The van der Waals surface area contributed by atoms with E-state index in [2.05, 4.69) is 15.0 Å². The predicted octanol–water partition coefficient (Wildman–Crippen LogP) is -2.39. The molecule has 0 spiro atoms. The maximum Gasteiger partial charge on any atom is 0.194 e. The number of nitrogens with zero attached hydrogens (tertiary/aromatic N) is 5. The number of imidazole rings is 1. The maximum absolute atomic E-state index is 10.0. The van der Waals surface area contributed by atoms with Crippen molar-refractivity contribution in [2.75, 3.05) is 13.7 Å². The molecule has 2 aromatic heterocycles. The summed E-state index contributed by atoms with van der Waals surface area (Å²) in [6.07, 6.45) is -1.75. The van der Waals surface area contributed by atoms with Crippen LogP contribution in [0.2, 0.25) is 0 Å². The van der Waals surface area contributed by atoms with Crippen molar-refractivity contribution >= 4 is 11.2 Å². The predicted molar refractivity (Wildman–Crippen MR) is 67.2 cm³/mol. The SMILES string of the molecule is CN=c1c2ncn([C@@H]3O[C@H](CO)[C@@H](O)[C@@H]3O)c2ncn1O. The summed E-state index contributed by atoms with van der Waals surface area (Å²) >= 11 is 0. The van der Waals surface area contributed by atoms with Gasteiger partial charge in [-0.15, -0.1) is 0 Å². The van der Waals surface area contributed by atoms with Gasteiger partial charge in [0, 0.05) is 7.05 Å². The first kappa shape index (κ1) is 13.9. The lowest BCUT2D eigenvalue weighted by molar-refractivity contribution is -0.0511. The third-order valence-corrected chi connectivity index (χ3v) is 3.49. The zero-order chi connectivity index (χ0) is 15.1. The maximum atomic E-state index is 10.0. The van der Waals surface area contributed by atoms with Crippen LogP contribution < -0.4 is 5.49 Å². The minimum Gasteiger partial charge on any atom is -0.425 e. The molecule has 3 rings (SSSR count). The molecule has 1 saturated heterocycles. The van der Waals surface area contributed by atoms with Crippen LogP contribution in [0, 0.1) is 0 Å². The number of rotatable bonds is 2. The Labute approximate surface area is 118 Å². The lowest BCUT2D eigenvalue weighted by Crippen LogP contribution is -2.33. The van der Waals surface area contributed by atoms with Crippen LogP contribution in [0.3, 0.4) is 0 Å². The van der Waals surface area contributed by atoms with E-state index in [0.29, 0.717) is 11.2 Å². The second kappa shape index (κ2) is 5.07. The third-order valence-electron chi connectivity index (χ3n) is 3.49. The molecule has 10 heteroatoms. The van der Waals surface area contributed by atoms with Crippen molar-refractivity contribution in [1.29, 1.82) is 0 Å². The van der Waals surface area contributed by atoms with Crippen molar-refractivity contribution < 1.29 is 25.3 Å². The normalized spacial score (nSPS) is 30.4. The Balaban J connectivity index is 2.11. The van der Waals surface area contributed by atoms with Crippen molar-refractivity contribution in [1.82, 2.24) is 19.3 Å². The third kappa shape index (κ3) is 2.00. The van der Waals surface area contributed by atoms with Crippen LogP contribution in [-0.4, -0.2) is 71.8 Å². The summed E-state index contributed by atoms with van der Waals surface area (Å²) < 4.78 is 7.58. The molecule has 0 unspecified atom stereocenters. The molecule has 1 aliphatic rings. The Morgan fingerprint density at radius 1 is 1.29 bits per heavy atom. The van der Waals surface area contributed by atoms with Crippen molar-refractivity contribution in [2.24, 2.45) is 4.99 Å². The van der Waals surface area contributed by atoms with Crippen LogP contribution in [0.25, 0.3) is 11.2 Å². The fraction of sp³-hybridized carbons (Fsp3) is 0.545. The van der Waals surface area contributed by atoms with Gasteiger partial charge in [0.15, 0.2) is 22.9 Å². The van der Waals surface area contributed by atoms with E-state index >= 15 is 0 Å². The molecule has 21 heavy (non-hydrogen) atoms. The molecule has 4 atom stereocenters. The Hall–Kier alpha value is -2.01. The average Bonchev–Trinajstić information content (AvgIpc) is 3.02. The second-order valence-electron chi connectivity index (χ2n) is 4.69. The van der Waals surface area contributed by atoms with Crippen LogP contribution in [-0.2, 0) is 4.74 Å². The van der Waals surface area contributed by atoms with E-state index in [1.54, 1.807) is 0 Å². The summed E-state index contributed by atoms with van der Waals surface area (Å²) in [4.78, 5) is 12.0. The van der Waals surface area contributed by atoms with Crippen molar-refractivity contribution in [3.63, 3.8) is 0 Å². The minimum atomic E-state index is -1.23. The standard InChI is InChI=1S/C11H15N5O5/c1-12-9-6-10(14-4-16(9)20)15(3-13-6)11-8(19)7(18)5(2-17)21-11/h3-5,7-8,11,17-20H,2H2,1H3/t5-,7-,8+,11-/m1/s1. The Kier molecular flexibility index (Phi) is 3.37. The minimum absolute atomic E-state index is 0.200. The van der Waals surface area contributed by atoms with Crippen molar-refractivity contribution in [2.45, 2.75) is 24.5 Å². The molecule has 0 aromatic carbocycles. The largest absolute Gasteiger partial charge is 0.425 e. The highest BCUT2D eigenvalue weighted by atomic mass is 16.6. The molecular weight excluding hydrogens is 282 g/mol. The fourth-order valence-corrected chi connectivity index (χ4v) is 2.42. The van der Waals surface area contributed by atoms with Gasteiger partial charge in [-0.25, -0.2) is 9.97 Å². The lowest BCUT2D eigenvalue weighted by atomic mass is 10.1. The Bertz CT molecular complexity index is 725. The molecule has 10 nitrogen and oxygen atoms in total. The second-order valence-corrected chi connectivity index (χ2v) is 4.69. The van der Waals surface area contributed by atoms with E-state index in [1.807, 2.05) is 0 Å². The highest BCUT2D eigenvalue weighted by Gasteiger charge is 2.43. The van der Waals surface area contributed by atoms with E-state index in [9.17, 15) is 15.4 Å². The molecule has 114 valence electrons. The number of aromatic nitrogens is 4. The highest BCUT2D eigenvalue weighted by Crippen LogP contribution is 2.30. The topological polar surface area (TPSA) is 138 Å². The zero-order valence-electron chi connectivity index (χ0n) is 11.1. The molecule has 3 heterocycles. The molecule has 4 N–H and O–H groups in total. The van der Waals surface area contributed by atoms with E-state index < -0.39 is 31.1 Å². The van der Waals surface area contributed by atoms with Gasteiger partial charge in [0.05, 0.1) is 12.9 Å². The first-order chi connectivity index (χ1) is 10.1.